The van der Waals surface area contributed by atoms with Crippen LogP contribution in [0.5, 0.6) is 5.75 Å². The quantitative estimate of drug-likeness (QED) is 0.417. The summed E-state index contributed by atoms with van der Waals surface area (Å²) in [5, 5.41) is 9.00. The molecule has 3 rings (SSSR count). The Kier molecular flexibility index (Phi) is 8.12. The van der Waals surface area contributed by atoms with Crippen LogP contribution in [-0.2, 0) is 31.2 Å². The maximum absolute atomic E-state index is 13.6. The van der Waals surface area contributed by atoms with Crippen molar-refractivity contribution in [2.45, 2.75) is 23.3 Å². The molecule has 0 saturated carbocycles. The molecule has 1 N–H and O–H groups in total. The van der Waals surface area contributed by atoms with Crippen molar-refractivity contribution in [2.24, 2.45) is 0 Å². The number of halogens is 2. The number of sulfonamides is 1. The number of nitrogens with zero attached hydrogens (tertiary/aromatic N) is 1. The molecule has 3 aromatic rings. The summed E-state index contributed by atoms with van der Waals surface area (Å²) < 4.78 is 83.6. The van der Waals surface area contributed by atoms with Gasteiger partial charge in [-0.2, -0.15) is 4.31 Å². The highest BCUT2D eigenvalue weighted by Crippen LogP contribution is 2.33. The van der Waals surface area contributed by atoms with Crippen molar-refractivity contribution in [3.05, 3.63) is 77.9 Å². The monoisotopic (exact) mass is 539 g/mol. The van der Waals surface area contributed by atoms with E-state index in [9.17, 15) is 30.4 Å². The Morgan fingerprint density at radius 2 is 1.67 bits per heavy atom. The lowest BCUT2D eigenvalue weighted by Crippen LogP contribution is -2.26. The number of ether oxygens (including phenoxy) is 1. The van der Waals surface area contributed by atoms with Crippen molar-refractivity contribution in [3.63, 3.8) is 0 Å². The number of carboxylic acids is 1. The van der Waals surface area contributed by atoms with Crippen molar-refractivity contribution in [2.75, 3.05) is 19.4 Å². The molecule has 12 heteroatoms. The number of rotatable bonds is 10. The van der Waals surface area contributed by atoms with E-state index in [2.05, 4.69) is 0 Å². The summed E-state index contributed by atoms with van der Waals surface area (Å²) in [5.74, 6) is -3.66. The highest BCUT2D eigenvalue weighted by molar-refractivity contribution is 7.91. The lowest BCUT2D eigenvalue weighted by Gasteiger charge is -2.19. The van der Waals surface area contributed by atoms with Crippen LogP contribution in [-0.4, -0.2) is 51.6 Å². The van der Waals surface area contributed by atoms with Crippen LogP contribution in [0.25, 0.3) is 11.1 Å². The summed E-state index contributed by atoms with van der Waals surface area (Å²) in [6.45, 7) is 0.678. The Morgan fingerprint density at radius 1 is 0.944 bits per heavy atom. The van der Waals surface area contributed by atoms with Crippen LogP contribution in [0.15, 0.2) is 70.5 Å². The zero-order chi connectivity index (χ0) is 26.7. The first kappa shape index (κ1) is 27.2. The molecule has 0 heterocycles. The standard InChI is InChI=1S/C24H23F2NO7S2/c1-3-35(30,31)18-6-4-5-17(12-18)20-11-16(7-10-23(20)34-15-24(28)29)14-27(2)36(32,33)19-8-9-21(25)22(26)13-19/h4-13H,3,14-15H2,1-2H3,(H,28,29). The van der Waals surface area contributed by atoms with Crippen LogP contribution in [0.3, 0.4) is 0 Å². The average Bonchev–Trinajstić information content (AvgIpc) is 2.84. The summed E-state index contributed by atoms with van der Waals surface area (Å²) in [5.41, 5.74) is 1.21. The predicted octanol–water partition coefficient (Wildman–Crippen LogP) is 3.71. The van der Waals surface area contributed by atoms with Crippen LogP contribution < -0.4 is 4.74 Å². The number of aliphatic carboxylic acids is 1. The van der Waals surface area contributed by atoms with Gasteiger partial charge in [0.05, 0.1) is 15.5 Å². The predicted molar refractivity (Wildman–Crippen MR) is 128 cm³/mol. The molecule has 0 aliphatic rings. The molecule has 0 bridgehead atoms. The molecule has 0 fully saturated rings. The topological polar surface area (TPSA) is 118 Å². The van der Waals surface area contributed by atoms with Gasteiger partial charge in [-0.1, -0.05) is 25.1 Å². The van der Waals surface area contributed by atoms with Gasteiger partial charge in [0, 0.05) is 19.2 Å². The second kappa shape index (κ2) is 10.7. The Bertz CT molecular complexity index is 1510. The molecule has 0 amide bonds. The van der Waals surface area contributed by atoms with Crippen molar-refractivity contribution in [1.29, 1.82) is 0 Å². The number of carboxylic acid groups (broad SMARTS) is 1. The molecule has 3 aromatic carbocycles. The number of benzene rings is 3. The van der Waals surface area contributed by atoms with Crippen LogP contribution >= 0.6 is 0 Å². The third-order valence-corrected chi connectivity index (χ3v) is 8.82. The van der Waals surface area contributed by atoms with Gasteiger partial charge < -0.3 is 9.84 Å². The van der Waals surface area contributed by atoms with Crippen LogP contribution in [0.1, 0.15) is 12.5 Å². The first-order valence-corrected chi connectivity index (χ1v) is 13.7. The third-order valence-electron chi connectivity index (χ3n) is 5.28. The van der Waals surface area contributed by atoms with E-state index < -0.39 is 49.0 Å². The molecular formula is C24H23F2NO7S2. The lowest BCUT2D eigenvalue weighted by molar-refractivity contribution is -0.139. The number of sulfone groups is 1. The largest absolute Gasteiger partial charge is 0.481 e. The van der Waals surface area contributed by atoms with Crippen molar-refractivity contribution in [1.82, 2.24) is 4.31 Å². The van der Waals surface area contributed by atoms with E-state index in [0.29, 0.717) is 22.8 Å². The molecular weight excluding hydrogens is 516 g/mol. The highest BCUT2D eigenvalue weighted by atomic mass is 32.2. The molecule has 192 valence electrons. The molecule has 0 unspecified atom stereocenters. The second-order valence-corrected chi connectivity index (χ2v) is 12.1. The SMILES string of the molecule is CCS(=O)(=O)c1cccc(-c2cc(CN(C)S(=O)(=O)c3ccc(F)c(F)c3)ccc2OCC(=O)O)c1. The number of carbonyl (C=O) groups is 1. The number of hydrogen-bond donors (Lipinski definition) is 1. The van der Waals surface area contributed by atoms with Crippen molar-refractivity contribution in [3.8, 4) is 16.9 Å². The normalized spacial score (nSPS) is 12.0. The minimum atomic E-state index is -4.18. The molecule has 36 heavy (non-hydrogen) atoms. The maximum atomic E-state index is 13.6. The van der Waals surface area contributed by atoms with E-state index in [1.54, 1.807) is 12.1 Å². The minimum absolute atomic E-state index is 0.0649. The third kappa shape index (κ3) is 6.07. The lowest BCUT2D eigenvalue weighted by atomic mass is 10.0. The molecule has 0 radical (unpaired) electrons. The maximum Gasteiger partial charge on any atom is 0.341 e. The summed E-state index contributed by atoms with van der Waals surface area (Å²) in [4.78, 5) is 10.7. The van der Waals surface area contributed by atoms with Gasteiger partial charge in [0.2, 0.25) is 10.0 Å². The van der Waals surface area contributed by atoms with E-state index in [-0.39, 0.29) is 22.9 Å². The van der Waals surface area contributed by atoms with Gasteiger partial charge in [-0.15, -0.1) is 0 Å². The first-order valence-electron chi connectivity index (χ1n) is 10.6. The smallest absolute Gasteiger partial charge is 0.341 e. The fraction of sp³-hybridized carbons (Fsp3) is 0.208. The molecule has 0 atom stereocenters. The van der Waals surface area contributed by atoms with E-state index in [1.165, 1.54) is 44.3 Å². The first-order chi connectivity index (χ1) is 16.8. The molecule has 8 nitrogen and oxygen atoms in total. The van der Waals surface area contributed by atoms with Gasteiger partial charge in [-0.05, 0) is 53.6 Å². The molecule has 0 aromatic heterocycles. The average molecular weight is 540 g/mol. The van der Waals surface area contributed by atoms with Crippen LogP contribution in [0, 0.1) is 11.6 Å². The van der Waals surface area contributed by atoms with Crippen molar-refractivity contribution >= 4 is 25.8 Å². The summed E-state index contributed by atoms with van der Waals surface area (Å²) in [6, 6.07) is 12.8. The van der Waals surface area contributed by atoms with E-state index in [0.717, 1.165) is 16.4 Å². The van der Waals surface area contributed by atoms with Gasteiger partial charge >= 0.3 is 5.97 Å². The minimum Gasteiger partial charge on any atom is -0.481 e. The van der Waals surface area contributed by atoms with E-state index in [1.807, 2.05) is 0 Å². The molecule has 0 saturated heterocycles. The zero-order valence-electron chi connectivity index (χ0n) is 19.3. The number of hydrogen-bond acceptors (Lipinski definition) is 6. The highest BCUT2D eigenvalue weighted by Gasteiger charge is 2.23. The Hall–Kier alpha value is -3.35. The Balaban J connectivity index is 2.01. The van der Waals surface area contributed by atoms with Crippen LogP contribution in [0.2, 0.25) is 0 Å². The van der Waals surface area contributed by atoms with Crippen LogP contribution in [0.4, 0.5) is 8.78 Å². The zero-order valence-corrected chi connectivity index (χ0v) is 20.9. The van der Waals surface area contributed by atoms with Crippen molar-refractivity contribution < 1.29 is 40.3 Å². The van der Waals surface area contributed by atoms with E-state index >= 15 is 0 Å². The second-order valence-electron chi connectivity index (χ2n) is 7.78. The molecule has 0 aliphatic heterocycles. The van der Waals surface area contributed by atoms with Gasteiger partial charge in [0.25, 0.3) is 0 Å². The Morgan fingerprint density at radius 3 is 2.31 bits per heavy atom. The molecule has 0 aliphatic carbocycles. The summed E-state index contributed by atoms with van der Waals surface area (Å²) >= 11 is 0. The van der Waals surface area contributed by atoms with Gasteiger partial charge in [-0.3, -0.25) is 0 Å². The molecule has 0 spiro atoms. The summed E-state index contributed by atoms with van der Waals surface area (Å²) in [6.07, 6.45) is 0. The fourth-order valence-corrected chi connectivity index (χ4v) is 5.45. The van der Waals surface area contributed by atoms with Gasteiger partial charge in [0.1, 0.15) is 5.75 Å². The van der Waals surface area contributed by atoms with Gasteiger partial charge in [-0.25, -0.2) is 30.4 Å². The Labute approximate surface area is 207 Å². The fourth-order valence-electron chi connectivity index (χ4n) is 3.35. The summed E-state index contributed by atoms with van der Waals surface area (Å²) in [7, 11) is -6.45. The van der Waals surface area contributed by atoms with Gasteiger partial charge in [0.15, 0.2) is 28.1 Å². The van der Waals surface area contributed by atoms with E-state index in [4.69, 9.17) is 9.84 Å².